The van der Waals surface area contributed by atoms with E-state index in [2.05, 4.69) is 87.2 Å². The van der Waals surface area contributed by atoms with Crippen LogP contribution in [-0.2, 0) is 31.0 Å². The molecule has 7 heteroatoms. The maximum Gasteiger partial charge on any atom is 0.154 e. The third-order valence-corrected chi connectivity index (χ3v) is 6.55. The zero-order valence-electron chi connectivity index (χ0n) is 22.0. The van der Waals surface area contributed by atoms with Crippen molar-refractivity contribution >= 4 is 27.8 Å². The highest BCUT2D eigenvalue weighted by molar-refractivity contribution is 6.07. The lowest BCUT2D eigenvalue weighted by molar-refractivity contribution is 0.126. The van der Waals surface area contributed by atoms with Gasteiger partial charge in [-0.2, -0.15) is 0 Å². The molecule has 2 aromatic heterocycles. The van der Waals surface area contributed by atoms with Gasteiger partial charge < -0.3 is 25.3 Å². The summed E-state index contributed by atoms with van der Waals surface area (Å²) >= 11 is 0. The van der Waals surface area contributed by atoms with Crippen LogP contribution in [0.2, 0.25) is 0 Å². The average Bonchev–Trinajstić information content (AvgIpc) is 3.34. The molecule has 0 aliphatic carbocycles. The van der Waals surface area contributed by atoms with Crippen molar-refractivity contribution in [3.8, 4) is 0 Å². The lowest BCUT2D eigenvalue weighted by atomic mass is 10.2. The molecule has 0 saturated heterocycles. The van der Waals surface area contributed by atoms with E-state index in [9.17, 15) is 0 Å². The molecule has 7 nitrogen and oxygen atoms in total. The number of rotatable bonds is 14. The van der Waals surface area contributed by atoms with E-state index in [0.717, 1.165) is 72.8 Å². The van der Waals surface area contributed by atoms with E-state index in [1.165, 1.54) is 11.1 Å². The molecular formula is C31H36N6O. The SMILES string of the molecule is CCOCc1nc2c(NCCNCc3ccccc3)nc3ccccc3c2n1CCNCc1ccccc1. The van der Waals surface area contributed by atoms with Gasteiger partial charge in [0.2, 0.25) is 0 Å². The summed E-state index contributed by atoms with van der Waals surface area (Å²) in [7, 11) is 0. The minimum absolute atomic E-state index is 0.469. The van der Waals surface area contributed by atoms with Crippen molar-refractivity contribution in [1.29, 1.82) is 0 Å². The van der Waals surface area contributed by atoms with Crippen molar-refractivity contribution in [3.63, 3.8) is 0 Å². The van der Waals surface area contributed by atoms with Gasteiger partial charge in [0, 0.05) is 51.3 Å². The quantitative estimate of drug-likeness (QED) is 0.181. The van der Waals surface area contributed by atoms with Gasteiger partial charge in [-0.3, -0.25) is 0 Å². The van der Waals surface area contributed by atoms with Crippen molar-refractivity contribution in [1.82, 2.24) is 25.2 Å². The molecule has 0 saturated carbocycles. The number of para-hydroxylation sites is 1. The molecule has 0 atom stereocenters. The van der Waals surface area contributed by atoms with Gasteiger partial charge in [0.15, 0.2) is 5.82 Å². The third-order valence-electron chi connectivity index (χ3n) is 6.55. The zero-order valence-corrected chi connectivity index (χ0v) is 22.0. The molecule has 0 radical (unpaired) electrons. The van der Waals surface area contributed by atoms with E-state index >= 15 is 0 Å². The normalized spacial score (nSPS) is 11.4. The van der Waals surface area contributed by atoms with E-state index in [1.807, 2.05) is 25.1 Å². The summed E-state index contributed by atoms with van der Waals surface area (Å²) in [6.45, 7) is 7.98. The topological polar surface area (TPSA) is 76.0 Å². The maximum atomic E-state index is 5.82. The summed E-state index contributed by atoms with van der Waals surface area (Å²) in [5.41, 5.74) is 5.51. The first-order valence-electron chi connectivity index (χ1n) is 13.4. The van der Waals surface area contributed by atoms with Crippen LogP contribution in [0.25, 0.3) is 21.9 Å². The first-order valence-corrected chi connectivity index (χ1v) is 13.4. The predicted molar refractivity (Wildman–Crippen MR) is 155 cm³/mol. The number of hydrogen-bond donors (Lipinski definition) is 3. The smallest absolute Gasteiger partial charge is 0.154 e. The second-order valence-corrected chi connectivity index (χ2v) is 9.24. The van der Waals surface area contributed by atoms with Gasteiger partial charge in [0.1, 0.15) is 17.9 Å². The Bertz CT molecular complexity index is 1440. The maximum absolute atomic E-state index is 5.82. The van der Waals surface area contributed by atoms with E-state index in [1.54, 1.807) is 0 Å². The largest absolute Gasteiger partial charge is 0.374 e. The van der Waals surface area contributed by atoms with Gasteiger partial charge in [0.25, 0.3) is 0 Å². The Morgan fingerprint density at radius 1 is 0.737 bits per heavy atom. The van der Waals surface area contributed by atoms with Crippen LogP contribution < -0.4 is 16.0 Å². The molecule has 0 unspecified atom stereocenters. The van der Waals surface area contributed by atoms with Crippen LogP contribution in [0.5, 0.6) is 0 Å². The fourth-order valence-electron chi connectivity index (χ4n) is 4.67. The standard InChI is InChI=1S/C31H36N6O/c1-2-38-23-28-36-29-30(37(28)20-19-33-22-25-13-7-4-8-14-25)26-15-9-10-16-27(26)35-31(29)34-18-17-32-21-24-11-5-3-6-12-24/h3-16,32-33H,2,17-23H2,1H3,(H,34,35). The van der Waals surface area contributed by atoms with Gasteiger partial charge in [0.05, 0.1) is 11.0 Å². The van der Waals surface area contributed by atoms with Crippen LogP contribution >= 0.6 is 0 Å². The summed E-state index contributed by atoms with van der Waals surface area (Å²) in [5, 5.41) is 11.7. The van der Waals surface area contributed by atoms with E-state index < -0.39 is 0 Å². The molecule has 0 aliphatic heterocycles. The molecule has 3 N–H and O–H groups in total. The molecule has 0 fully saturated rings. The lowest BCUT2D eigenvalue weighted by Crippen LogP contribution is -2.22. The number of fused-ring (bicyclic) bond motifs is 3. The highest BCUT2D eigenvalue weighted by atomic mass is 16.5. The molecule has 0 amide bonds. The van der Waals surface area contributed by atoms with Crippen molar-refractivity contribution in [3.05, 3.63) is 102 Å². The molecule has 3 aromatic carbocycles. The molecule has 0 bridgehead atoms. The van der Waals surface area contributed by atoms with Gasteiger partial charge in [-0.05, 0) is 24.1 Å². The molecule has 0 spiro atoms. The number of benzene rings is 3. The van der Waals surface area contributed by atoms with Crippen molar-refractivity contribution in [2.24, 2.45) is 0 Å². The second-order valence-electron chi connectivity index (χ2n) is 9.24. The monoisotopic (exact) mass is 508 g/mol. The van der Waals surface area contributed by atoms with Crippen LogP contribution in [-0.4, -0.2) is 40.8 Å². The van der Waals surface area contributed by atoms with E-state index in [4.69, 9.17) is 14.7 Å². The Morgan fingerprint density at radius 3 is 2.11 bits per heavy atom. The molecule has 38 heavy (non-hydrogen) atoms. The number of pyridine rings is 1. The van der Waals surface area contributed by atoms with Crippen molar-refractivity contribution in [2.45, 2.75) is 33.2 Å². The summed E-state index contributed by atoms with van der Waals surface area (Å²) in [4.78, 5) is 10.0. The van der Waals surface area contributed by atoms with E-state index in [-0.39, 0.29) is 0 Å². The minimum Gasteiger partial charge on any atom is -0.374 e. The van der Waals surface area contributed by atoms with Gasteiger partial charge in [-0.1, -0.05) is 78.9 Å². The Hall–Kier alpha value is -3.78. The molecule has 196 valence electrons. The molecule has 5 rings (SSSR count). The Balaban J connectivity index is 1.36. The van der Waals surface area contributed by atoms with Crippen molar-refractivity contribution < 1.29 is 4.74 Å². The first-order chi connectivity index (χ1) is 18.8. The minimum atomic E-state index is 0.469. The molecule has 2 heterocycles. The van der Waals surface area contributed by atoms with Crippen molar-refractivity contribution in [2.75, 3.05) is 31.6 Å². The Labute approximate surface area is 224 Å². The number of nitrogens with zero attached hydrogens (tertiary/aromatic N) is 3. The van der Waals surface area contributed by atoms with Gasteiger partial charge >= 0.3 is 0 Å². The number of imidazole rings is 1. The van der Waals surface area contributed by atoms with Gasteiger partial charge in [-0.25, -0.2) is 9.97 Å². The van der Waals surface area contributed by atoms with E-state index in [0.29, 0.717) is 13.2 Å². The lowest BCUT2D eigenvalue weighted by Gasteiger charge is -2.13. The fourth-order valence-corrected chi connectivity index (χ4v) is 4.67. The highest BCUT2D eigenvalue weighted by Gasteiger charge is 2.18. The molecular weight excluding hydrogens is 472 g/mol. The number of anilines is 1. The number of aromatic nitrogens is 3. The predicted octanol–water partition coefficient (Wildman–Crippen LogP) is 5.11. The summed E-state index contributed by atoms with van der Waals surface area (Å²) in [6.07, 6.45) is 0. The molecule has 0 aliphatic rings. The zero-order chi connectivity index (χ0) is 26.0. The summed E-state index contributed by atoms with van der Waals surface area (Å²) in [6, 6.07) is 29.2. The van der Waals surface area contributed by atoms with Crippen LogP contribution in [0.3, 0.4) is 0 Å². The average molecular weight is 509 g/mol. The number of nitrogens with one attached hydrogen (secondary N) is 3. The summed E-state index contributed by atoms with van der Waals surface area (Å²) < 4.78 is 8.12. The molecule has 5 aromatic rings. The fraction of sp³-hybridized carbons (Fsp3) is 0.290. The van der Waals surface area contributed by atoms with Crippen LogP contribution in [0.15, 0.2) is 84.9 Å². The number of ether oxygens (including phenoxy) is 1. The Kier molecular flexibility index (Phi) is 8.94. The van der Waals surface area contributed by atoms with Gasteiger partial charge in [-0.15, -0.1) is 0 Å². The summed E-state index contributed by atoms with van der Waals surface area (Å²) in [5.74, 6) is 1.74. The highest BCUT2D eigenvalue weighted by Crippen LogP contribution is 2.30. The Morgan fingerprint density at radius 2 is 1.39 bits per heavy atom. The van der Waals surface area contributed by atoms with Crippen LogP contribution in [0, 0.1) is 0 Å². The van der Waals surface area contributed by atoms with Crippen LogP contribution in [0.1, 0.15) is 23.9 Å². The first kappa shape index (κ1) is 25.9. The second kappa shape index (κ2) is 13.1. The number of hydrogen-bond acceptors (Lipinski definition) is 6. The third kappa shape index (κ3) is 6.37. The van der Waals surface area contributed by atoms with Crippen LogP contribution in [0.4, 0.5) is 5.82 Å².